The molecule has 1 aromatic heterocycles. The average molecular weight is 545 g/mol. The number of amides is 1. The fraction of sp³-hybridized carbons (Fsp3) is 0.462. The maximum atomic E-state index is 13.7. The van der Waals surface area contributed by atoms with Gasteiger partial charge < -0.3 is 14.4 Å². The first-order valence-electron chi connectivity index (χ1n) is 12.5. The Morgan fingerprint density at radius 1 is 1.11 bits per heavy atom. The molecular weight excluding hydrogens is 512 g/mol. The summed E-state index contributed by atoms with van der Waals surface area (Å²) in [5, 5.41) is 0.585. The van der Waals surface area contributed by atoms with E-state index in [0.29, 0.717) is 35.3 Å². The average Bonchev–Trinajstić information content (AvgIpc) is 3.50. The summed E-state index contributed by atoms with van der Waals surface area (Å²) in [6, 6.07) is 9.99. The minimum absolute atomic E-state index is 0.0246. The molecule has 37 heavy (non-hydrogen) atoms. The minimum Gasteiger partial charge on any atom is -0.454 e. The van der Waals surface area contributed by atoms with E-state index >= 15 is 0 Å². The lowest BCUT2D eigenvalue weighted by molar-refractivity contribution is 0.0986. The predicted molar refractivity (Wildman–Crippen MR) is 144 cm³/mol. The van der Waals surface area contributed by atoms with E-state index in [2.05, 4.69) is 4.90 Å². The molecule has 0 aliphatic carbocycles. The van der Waals surface area contributed by atoms with E-state index in [1.807, 2.05) is 33.2 Å². The first kappa shape index (κ1) is 25.9. The van der Waals surface area contributed by atoms with Crippen LogP contribution in [-0.2, 0) is 10.0 Å². The van der Waals surface area contributed by atoms with Crippen molar-refractivity contribution in [3.05, 3.63) is 42.0 Å². The Hall–Kier alpha value is -2.73. The van der Waals surface area contributed by atoms with Gasteiger partial charge in [0.05, 0.1) is 15.1 Å². The second-order valence-corrected chi connectivity index (χ2v) is 12.7. The van der Waals surface area contributed by atoms with Crippen LogP contribution in [0.1, 0.15) is 43.0 Å². The number of nitrogens with zero attached hydrogens (tertiary/aromatic N) is 4. The van der Waals surface area contributed by atoms with Crippen molar-refractivity contribution in [1.82, 2.24) is 14.2 Å². The molecule has 0 N–H and O–H groups in total. The number of thiazole rings is 1. The second-order valence-electron chi connectivity index (χ2n) is 9.77. The zero-order valence-electron chi connectivity index (χ0n) is 21.3. The lowest BCUT2D eigenvalue weighted by atomic mass is 10.1. The number of ether oxygens (including phenoxy) is 2. The number of rotatable bonds is 8. The van der Waals surface area contributed by atoms with E-state index in [-0.39, 0.29) is 23.6 Å². The highest BCUT2D eigenvalue weighted by Gasteiger charge is 2.31. The SMILES string of the molecule is CC1CCCCN1S(=O)(=O)c1ccc(C(=O)N(CCCN(C)C)c2nc3cc4c(cc3s2)OCO4)cc1. The maximum Gasteiger partial charge on any atom is 0.260 e. The molecule has 11 heteroatoms. The van der Waals surface area contributed by atoms with Gasteiger partial charge in [-0.1, -0.05) is 17.8 Å². The second kappa shape index (κ2) is 10.6. The summed E-state index contributed by atoms with van der Waals surface area (Å²) >= 11 is 1.42. The van der Waals surface area contributed by atoms with Crippen molar-refractivity contribution in [3.63, 3.8) is 0 Å². The molecule has 1 atom stereocenters. The van der Waals surface area contributed by atoms with Crippen LogP contribution in [0.5, 0.6) is 11.5 Å². The van der Waals surface area contributed by atoms with E-state index in [1.165, 1.54) is 11.3 Å². The summed E-state index contributed by atoms with van der Waals surface area (Å²) in [6.45, 7) is 3.97. The number of hydrogen-bond donors (Lipinski definition) is 0. The lowest BCUT2D eigenvalue weighted by Gasteiger charge is -2.32. The molecule has 2 aliphatic rings. The van der Waals surface area contributed by atoms with Crippen LogP contribution in [0, 0.1) is 0 Å². The Balaban J connectivity index is 1.42. The maximum absolute atomic E-state index is 13.7. The van der Waals surface area contributed by atoms with Gasteiger partial charge in [-0.05, 0) is 71.1 Å². The Labute approximate surface area is 221 Å². The van der Waals surface area contributed by atoms with E-state index in [1.54, 1.807) is 33.5 Å². The predicted octanol–water partition coefficient (Wildman–Crippen LogP) is 4.19. The van der Waals surface area contributed by atoms with Crippen molar-refractivity contribution in [2.45, 2.75) is 43.5 Å². The number of piperidine rings is 1. The summed E-state index contributed by atoms with van der Waals surface area (Å²) in [7, 11) is 0.384. The number of hydrogen-bond acceptors (Lipinski definition) is 8. The highest BCUT2D eigenvalue weighted by atomic mass is 32.2. The number of aromatic nitrogens is 1. The van der Waals surface area contributed by atoms with E-state index < -0.39 is 10.0 Å². The molecule has 2 aliphatic heterocycles. The highest BCUT2D eigenvalue weighted by Crippen LogP contribution is 2.40. The van der Waals surface area contributed by atoms with Crippen LogP contribution in [0.25, 0.3) is 10.2 Å². The molecule has 3 aromatic rings. The number of fused-ring (bicyclic) bond motifs is 2. The fourth-order valence-corrected chi connectivity index (χ4v) is 7.44. The first-order chi connectivity index (χ1) is 17.7. The van der Waals surface area contributed by atoms with Gasteiger partial charge in [-0.25, -0.2) is 13.4 Å². The van der Waals surface area contributed by atoms with Gasteiger partial charge in [-0.3, -0.25) is 9.69 Å². The largest absolute Gasteiger partial charge is 0.454 e. The third kappa shape index (κ3) is 5.31. The van der Waals surface area contributed by atoms with E-state index in [0.717, 1.165) is 42.4 Å². The van der Waals surface area contributed by atoms with Crippen LogP contribution >= 0.6 is 11.3 Å². The number of carbonyl (C=O) groups excluding carboxylic acids is 1. The van der Waals surface area contributed by atoms with Gasteiger partial charge in [0.25, 0.3) is 5.91 Å². The van der Waals surface area contributed by atoms with Crippen molar-refractivity contribution in [1.29, 1.82) is 0 Å². The van der Waals surface area contributed by atoms with Crippen LogP contribution in [0.3, 0.4) is 0 Å². The number of carbonyl (C=O) groups is 1. The van der Waals surface area contributed by atoms with Gasteiger partial charge in [0, 0.05) is 36.8 Å². The lowest BCUT2D eigenvalue weighted by Crippen LogP contribution is -2.41. The van der Waals surface area contributed by atoms with Crippen LogP contribution in [0.15, 0.2) is 41.3 Å². The number of anilines is 1. The summed E-state index contributed by atoms with van der Waals surface area (Å²) in [5.74, 6) is 1.11. The van der Waals surface area contributed by atoms with Crippen LogP contribution in [-0.4, -0.2) is 75.1 Å². The van der Waals surface area contributed by atoms with Crippen LogP contribution in [0.4, 0.5) is 5.13 Å². The molecule has 3 heterocycles. The van der Waals surface area contributed by atoms with Gasteiger partial charge in [-0.2, -0.15) is 4.31 Å². The quantitative estimate of drug-likeness (QED) is 0.420. The van der Waals surface area contributed by atoms with Crippen molar-refractivity contribution in [2.24, 2.45) is 0 Å². The van der Waals surface area contributed by atoms with Crippen molar-refractivity contribution >= 4 is 42.6 Å². The molecule has 5 rings (SSSR count). The summed E-state index contributed by atoms with van der Waals surface area (Å²) < 4.78 is 39.9. The van der Waals surface area contributed by atoms with Crippen molar-refractivity contribution in [3.8, 4) is 11.5 Å². The molecule has 0 spiro atoms. The molecule has 1 saturated heterocycles. The van der Waals surface area contributed by atoms with E-state index in [4.69, 9.17) is 14.5 Å². The number of sulfonamides is 1. The Morgan fingerprint density at radius 3 is 2.54 bits per heavy atom. The van der Waals surface area contributed by atoms with Crippen LogP contribution in [0.2, 0.25) is 0 Å². The smallest absolute Gasteiger partial charge is 0.260 e. The monoisotopic (exact) mass is 544 g/mol. The molecule has 0 bridgehead atoms. The molecule has 0 radical (unpaired) electrons. The van der Waals surface area contributed by atoms with Gasteiger partial charge in [0.2, 0.25) is 16.8 Å². The standard InChI is InChI=1S/C26H32N4O5S2/c1-18-7-4-5-14-30(18)37(32,33)20-10-8-19(9-11-20)25(31)29(13-6-12-28(2)3)26-27-21-15-22-23(35-17-34-22)16-24(21)36-26/h8-11,15-16,18H,4-7,12-14,17H2,1-3H3. The van der Waals surface area contributed by atoms with Crippen molar-refractivity contribution in [2.75, 3.05) is 45.4 Å². The van der Waals surface area contributed by atoms with Gasteiger partial charge in [-0.15, -0.1) is 0 Å². The van der Waals surface area contributed by atoms with Gasteiger partial charge >= 0.3 is 0 Å². The first-order valence-corrected chi connectivity index (χ1v) is 14.8. The van der Waals surface area contributed by atoms with Gasteiger partial charge in [0.15, 0.2) is 16.6 Å². The molecular formula is C26H32N4O5S2. The molecule has 1 unspecified atom stereocenters. The van der Waals surface area contributed by atoms with Crippen LogP contribution < -0.4 is 14.4 Å². The minimum atomic E-state index is -3.60. The molecule has 9 nitrogen and oxygen atoms in total. The summed E-state index contributed by atoms with van der Waals surface area (Å²) in [4.78, 5) is 22.4. The molecule has 0 saturated carbocycles. The van der Waals surface area contributed by atoms with Crippen molar-refractivity contribution < 1.29 is 22.7 Å². The zero-order chi connectivity index (χ0) is 26.2. The molecule has 198 valence electrons. The third-order valence-electron chi connectivity index (χ3n) is 6.78. The Kier molecular flexibility index (Phi) is 7.39. The Bertz CT molecular complexity index is 1350. The fourth-order valence-electron chi connectivity index (χ4n) is 4.74. The number of benzene rings is 2. The highest BCUT2D eigenvalue weighted by molar-refractivity contribution is 7.89. The molecule has 2 aromatic carbocycles. The topological polar surface area (TPSA) is 92.3 Å². The zero-order valence-corrected chi connectivity index (χ0v) is 23.0. The van der Waals surface area contributed by atoms with E-state index in [9.17, 15) is 13.2 Å². The molecule has 1 amide bonds. The summed E-state index contributed by atoms with van der Waals surface area (Å²) in [5.41, 5.74) is 1.16. The molecule has 1 fully saturated rings. The summed E-state index contributed by atoms with van der Waals surface area (Å²) in [6.07, 6.45) is 3.53. The third-order valence-corrected chi connectivity index (χ3v) is 9.85. The van der Waals surface area contributed by atoms with Gasteiger partial charge in [0.1, 0.15) is 0 Å². The Morgan fingerprint density at radius 2 is 1.84 bits per heavy atom. The normalized spacial score (nSPS) is 18.0.